The van der Waals surface area contributed by atoms with E-state index < -0.39 is 11.7 Å². The van der Waals surface area contributed by atoms with Crippen molar-refractivity contribution < 1.29 is 32.2 Å². The highest BCUT2D eigenvalue weighted by molar-refractivity contribution is 5.88. The van der Waals surface area contributed by atoms with Gasteiger partial charge in [0.05, 0.1) is 37.6 Å². The van der Waals surface area contributed by atoms with Crippen LogP contribution in [-0.4, -0.2) is 44.8 Å². The van der Waals surface area contributed by atoms with Crippen LogP contribution in [0.3, 0.4) is 0 Å². The second-order valence-electron chi connectivity index (χ2n) is 7.89. The maximum Gasteiger partial charge on any atom is 0.419 e. The fraction of sp³-hybridized carbons (Fsp3) is 0.583. The van der Waals surface area contributed by atoms with E-state index in [1.54, 1.807) is 6.07 Å². The van der Waals surface area contributed by atoms with Gasteiger partial charge in [0.2, 0.25) is 5.90 Å². The van der Waals surface area contributed by atoms with E-state index >= 15 is 0 Å². The lowest BCUT2D eigenvalue weighted by molar-refractivity contribution is -0.141. The third-order valence-electron chi connectivity index (χ3n) is 5.38. The first kappa shape index (κ1) is 26.7. The number of allylic oxidation sites excluding steroid dienone is 1. The Kier molecular flexibility index (Phi) is 10.2. The van der Waals surface area contributed by atoms with Crippen LogP contribution in [0.5, 0.6) is 5.75 Å². The van der Waals surface area contributed by atoms with Crippen molar-refractivity contribution in [2.45, 2.75) is 65.1 Å². The Morgan fingerprint density at radius 1 is 1.21 bits per heavy atom. The molecule has 6 nitrogen and oxygen atoms in total. The third kappa shape index (κ3) is 8.07. The molecule has 0 aliphatic carbocycles. The summed E-state index contributed by atoms with van der Waals surface area (Å²) in [7, 11) is 1.53. The second kappa shape index (κ2) is 12.6. The molecule has 0 bridgehead atoms. The van der Waals surface area contributed by atoms with Gasteiger partial charge in [0, 0.05) is 12.5 Å². The topological polar surface area (TPSA) is 69.2 Å². The summed E-state index contributed by atoms with van der Waals surface area (Å²) in [5, 5.41) is 3.30. The lowest BCUT2D eigenvalue weighted by Gasteiger charge is -2.18. The first-order valence-corrected chi connectivity index (χ1v) is 11.2. The van der Waals surface area contributed by atoms with Crippen LogP contribution in [0.1, 0.15) is 64.0 Å². The molecular formula is C24H33F3N2O4. The number of rotatable bonds is 10. The zero-order valence-electron chi connectivity index (χ0n) is 19.7. The number of carbonyl (C=O) groups is 1. The minimum atomic E-state index is -4.59. The van der Waals surface area contributed by atoms with Gasteiger partial charge in [-0.2, -0.15) is 13.2 Å². The van der Waals surface area contributed by atoms with Gasteiger partial charge < -0.3 is 19.5 Å². The monoisotopic (exact) mass is 470 g/mol. The van der Waals surface area contributed by atoms with Crippen LogP contribution in [0.15, 0.2) is 28.8 Å². The fourth-order valence-corrected chi connectivity index (χ4v) is 3.47. The van der Waals surface area contributed by atoms with Gasteiger partial charge in [-0.05, 0) is 69.3 Å². The van der Waals surface area contributed by atoms with Crippen molar-refractivity contribution in [3.05, 3.63) is 34.9 Å². The van der Waals surface area contributed by atoms with Gasteiger partial charge in [-0.15, -0.1) is 0 Å². The number of ether oxygens (including phenoxy) is 3. The second-order valence-corrected chi connectivity index (χ2v) is 7.89. The molecule has 33 heavy (non-hydrogen) atoms. The van der Waals surface area contributed by atoms with Crippen LogP contribution < -0.4 is 10.1 Å². The minimum Gasteiger partial charge on any atom is -0.493 e. The van der Waals surface area contributed by atoms with Crippen molar-refractivity contribution in [3.8, 4) is 5.75 Å². The molecule has 1 heterocycles. The van der Waals surface area contributed by atoms with E-state index in [0.717, 1.165) is 31.0 Å². The number of alkyl halides is 3. The van der Waals surface area contributed by atoms with Gasteiger partial charge in [0.1, 0.15) is 5.75 Å². The number of nitrogens with zero attached hydrogens (tertiary/aromatic N) is 1. The van der Waals surface area contributed by atoms with Gasteiger partial charge in [0.25, 0.3) is 0 Å². The highest BCUT2D eigenvalue weighted by Crippen LogP contribution is 2.39. The number of methoxy groups -OCH3 is 1. The average Bonchev–Trinajstić information content (AvgIpc) is 3.30. The van der Waals surface area contributed by atoms with Gasteiger partial charge >= 0.3 is 12.1 Å². The molecule has 1 atom stereocenters. The van der Waals surface area contributed by atoms with Crippen molar-refractivity contribution in [2.75, 3.05) is 26.9 Å². The van der Waals surface area contributed by atoms with E-state index in [0.29, 0.717) is 36.4 Å². The summed E-state index contributed by atoms with van der Waals surface area (Å²) in [5.41, 5.74) is 0.835. The van der Waals surface area contributed by atoms with Crippen molar-refractivity contribution >= 4 is 17.6 Å². The molecule has 0 aromatic heterocycles. The highest BCUT2D eigenvalue weighted by atomic mass is 19.4. The molecule has 1 aromatic carbocycles. The number of halogens is 3. The molecule has 1 saturated heterocycles. The zero-order valence-corrected chi connectivity index (χ0v) is 19.7. The van der Waals surface area contributed by atoms with Crippen LogP contribution >= 0.6 is 0 Å². The summed E-state index contributed by atoms with van der Waals surface area (Å²) in [5.74, 6) is -0.155. The first-order valence-electron chi connectivity index (χ1n) is 11.2. The van der Waals surface area contributed by atoms with Crippen LogP contribution in [0.25, 0.3) is 5.70 Å². The molecule has 1 aromatic rings. The van der Waals surface area contributed by atoms with E-state index in [2.05, 4.69) is 10.3 Å². The number of carbonyl (C=O) groups excluding carboxylic acids is 1. The summed E-state index contributed by atoms with van der Waals surface area (Å²) in [6.45, 7) is 6.24. The number of aliphatic imine (C=N–C) groups is 1. The van der Waals surface area contributed by atoms with Gasteiger partial charge in [-0.1, -0.05) is 6.92 Å². The minimum absolute atomic E-state index is 0.0497. The quantitative estimate of drug-likeness (QED) is 0.216. The van der Waals surface area contributed by atoms with E-state index in [9.17, 15) is 18.0 Å². The number of benzene rings is 1. The molecule has 1 fully saturated rings. The van der Waals surface area contributed by atoms with Crippen molar-refractivity contribution in [1.82, 2.24) is 5.32 Å². The van der Waals surface area contributed by atoms with Gasteiger partial charge in [-0.25, -0.2) is 4.99 Å². The van der Waals surface area contributed by atoms with Crippen LogP contribution in [0.2, 0.25) is 0 Å². The maximum absolute atomic E-state index is 13.8. The Morgan fingerprint density at radius 2 is 1.94 bits per heavy atom. The molecule has 0 spiro atoms. The number of hydrogen-bond acceptors (Lipinski definition) is 6. The summed E-state index contributed by atoms with van der Waals surface area (Å²) < 4.78 is 57.3. The van der Waals surface area contributed by atoms with E-state index in [1.165, 1.54) is 20.1 Å². The number of nitrogens with one attached hydrogen (secondary N) is 1. The number of hydrogen-bond donors (Lipinski definition) is 1. The molecule has 1 N–H and O–H groups in total. The third-order valence-corrected chi connectivity index (χ3v) is 5.38. The normalized spacial score (nSPS) is 17.5. The standard InChI is InChI=1S/C24H33F3N2O4/c1-5-16(2)22(29-23(31-4)20-9-8-12-28-20)18-10-11-21(19(15-18)24(25,26)27)33-14-7-6-13-32-17(3)30/h10-11,15,20,28H,5-9,12-14H2,1-4H3/b22-16+,29-23-. The Morgan fingerprint density at radius 3 is 2.52 bits per heavy atom. The lowest BCUT2D eigenvalue weighted by atomic mass is 10.0. The molecule has 1 unspecified atom stereocenters. The molecule has 9 heteroatoms. The largest absolute Gasteiger partial charge is 0.493 e. The maximum atomic E-state index is 13.8. The van der Waals surface area contributed by atoms with E-state index in [4.69, 9.17) is 14.2 Å². The molecular weight excluding hydrogens is 437 g/mol. The molecule has 0 radical (unpaired) electrons. The molecule has 184 valence electrons. The predicted octanol–water partition coefficient (Wildman–Crippen LogP) is 5.37. The Bertz CT molecular complexity index is 860. The lowest BCUT2D eigenvalue weighted by Crippen LogP contribution is -2.32. The van der Waals surface area contributed by atoms with Crippen molar-refractivity contribution in [2.24, 2.45) is 4.99 Å². The number of esters is 1. The van der Waals surface area contributed by atoms with E-state index in [-0.39, 0.29) is 31.0 Å². The number of unbranched alkanes of at least 4 members (excludes halogenated alkanes) is 1. The van der Waals surface area contributed by atoms with Crippen molar-refractivity contribution in [1.29, 1.82) is 0 Å². The van der Waals surface area contributed by atoms with Crippen molar-refractivity contribution in [3.63, 3.8) is 0 Å². The first-order chi connectivity index (χ1) is 15.7. The molecule has 2 rings (SSSR count). The summed E-state index contributed by atoms with van der Waals surface area (Å²) in [6, 6.07) is 3.97. The van der Waals surface area contributed by atoms with Crippen LogP contribution in [0.4, 0.5) is 13.2 Å². The summed E-state index contributed by atoms with van der Waals surface area (Å²) in [4.78, 5) is 15.4. The Hall–Kier alpha value is -2.55. The van der Waals surface area contributed by atoms with Crippen LogP contribution in [-0.2, 0) is 20.4 Å². The fourth-order valence-electron chi connectivity index (χ4n) is 3.47. The Balaban J connectivity index is 2.29. The molecule has 1 aliphatic rings. The van der Waals surface area contributed by atoms with Gasteiger partial charge in [0.15, 0.2) is 0 Å². The average molecular weight is 471 g/mol. The predicted molar refractivity (Wildman–Crippen MR) is 121 cm³/mol. The SMILES string of the molecule is CC/C(C)=C(/N=C(\OC)C1CCCN1)c1ccc(OCCCCOC(C)=O)c(C(F)(F)F)c1. The Labute approximate surface area is 193 Å². The smallest absolute Gasteiger partial charge is 0.419 e. The highest BCUT2D eigenvalue weighted by Gasteiger charge is 2.35. The molecule has 0 amide bonds. The zero-order chi connectivity index (χ0) is 24.4. The summed E-state index contributed by atoms with van der Waals surface area (Å²) in [6.07, 6.45) is -1.13. The molecule has 0 saturated carbocycles. The molecule has 1 aliphatic heterocycles. The van der Waals surface area contributed by atoms with Crippen LogP contribution in [0, 0.1) is 0 Å². The van der Waals surface area contributed by atoms with E-state index in [1.807, 2.05) is 13.8 Å². The van der Waals surface area contributed by atoms with Gasteiger partial charge in [-0.3, -0.25) is 4.79 Å². The summed E-state index contributed by atoms with van der Waals surface area (Å²) >= 11 is 0.